The van der Waals surface area contributed by atoms with Gasteiger partial charge in [-0.15, -0.1) is 0 Å². The predicted octanol–water partition coefficient (Wildman–Crippen LogP) is 4.61. The smallest absolute Gasteiger partial charge is 0.178 e. The SMILES string of the molecule is CCN(CC)CCN(CCN(CC)CC)c1ccc(-c2nc3ncccc3n2CC)cc1. The van der Waals surface area contributed by atoms with Crippen molar-refractivity contribution in [3.05, 3.63) is 42.6 Å². The lowest BCUT2D eigenvalue weighted by atomic mass is 10.1. The van der Waals surface area contributed by atoms with E-state index < -0.39 is 0 Å². The van der Waals surface area contributed by atoms with Crippen LogP contribution in [0.3, 0.4) is 0 Å². The van der Waals surface area contributed by atoms with Gasteiger partial charge in [0.15, 0.2) is 5.65 Å². The number of rotatable bonds is 13. The average Bonchev–Trinajstić information content (AvgIpc) is 3.22. The van der Waals surface area contributed by atoms with Crippen LogP contribution in [0, 0.1) is 0 Å². The summed E-state index contributed by atoms with van der Waals surface area (Å²) in [5, 5.41) is 0. The first-order valence-corrected chi connectivity index (χ1v) is 12.3. The molecule has 0 N–H and O–H groups in total. The quantitative estimate of drug-likeness (QED) is 0.391. The molecular weight excluding hydrogens is 396 g/mol. The van der Waals surface area contributed by atoms with Crippen molar-refractivity contribution in [2.75, 3.05) is 57.3 Å². The van der Waals surface area contributed by atoms with Gasteiger partial charge in [-0.25, -0.2) is 9.97 Å². The fourth-order valence-corrected chi connectivity index (χ4v) is 4.30. The van der Waals surface area contributed by atoms with Crippen LogP contribution in [0.4, 0.5) is 5.69 Å². The largest absolute Gasteiger partial charge is 0.369 e. The summed E-state index contributed by atoms with van der Waals surface area (Å²) < 4.78 is 2.25. The highest BCUT2D eigenvalue weighted by Crippen LogP contribution is 2.26. The molecule has 0 atom stereocenters. The van der Waals surface area contributed by atoms with Crippen molar-refractivity contribution in [1.82, 2.24) is 24.3 Å². The first kappa shape index (κ1) is 24.2. The normalized spacial score (nSPS) is 11.7. The van der Waals surface area contributed by atoms with Crippen LogP contribution in [-0.4, -0.2) is 76.7 Å². The summed E-state index contributed by atoms with van der Waals surface area (Å²) in [6, 6.07) is 13.0. The van der Waals surface area contributed by atoms with Gasteiger partial charge in [0.05, 0.1) is 5.52 Å². The van der Waals surface area contributed by atoms with Crippen LogP contribution in [0.1, 0.15) is 34.6 Å². The highest BCUT2D eigenvalue weighted by Gasteiger charge is 2.14. The number of nitrogens with zero attached hydrogens (tertiary/aromatic N) is 6. The molecule has 1 aromatic carbocycles. The molecule has 0 saturated carbocycles. The zero-order valence-electron chi connectivity index (χ0n) is 20.6. The maximum Gasteiger partial charge on any atom is 0.178 e. The van der Waals surface area contributed by atoms with Gasteiger partial charge in [-0.05, 0) is 69.5 Å². The molecule has 6 heteroatoms. The second-order valence-corrected chi connectivity index (χ2v) is 8.11. The number of benzene rings is 1. The van der Waals surface area contributed by atoms with E-state index in [2.05, 4.69) is 89.2 Å². The Morgan fingerprint density at radius 1 is 0.750 bits per heavy atom. The van der Waals surface area contributed by atoms with Gasteiger partial charge in [-0.3, -0.25) is 0 Å². The first-order valence-electron chi connectivity index (χ1n) is 12.3. The molecule has 6 nitrogen and oxygen atoms in total. The Bertz CT molecular complexity index is 925. The van der Waals surface area contributed by atoms with E-state index in [9.17, 15) is 0 Å². The fraction of sp³-hybridized carbons (Fsp3) is 0.538. The highest BCUT2D eigenvalue weighted by atomic mass is 15.2. The number of likely N-dealkylation sites (N-methyl/N-ethyl adjacent to an activating group) is 2. The molecular formula is C26H40N6. The average molecular weight is 437 g/mol. The fourth-order valence-electron chi connectivity index (χ4n) is 4.30. The third-order valence-corrected chi connectivity index (χ3v) is 6.49. The predicted molar refractivity (Wildman–Crippen MR) is 136 cm³/mol. The third-order valence-electron chi connectivity index (χ3n) is 6.49. The van der Waals surface area contributed by atoms with Crippen LogP contribution >= 0.6 is 0 Å². The van der Waals surface area contributed by atoms with Crippen LogP contribution in [0.5, 0.6) is 0 Å². The van der Waals surface area contributed by atoms with Crippen molar-refractivity contribution < 1.29 is 0 Å². The topological polar surface area (TPSA) is 40.4 Å². The maximum atomic E-state index is 4.82. The van der Waals surface area contributed by atoms with E-state index in [1.807, 2.05) is 12.3 Å². The van der Waals surface area contributed by atoms with Gasteiger partial charge in [0.25, 0.3) is 0 Å². The number of anilines is 1. The lowest BCUT2D eigenvalue weighted by molar-refractivity contribution is 0.294. The van der Waals surface area contributed by atoms with Crippen molar-refractivity contribution in [2.45, 2.75) is 41.2 Å². The monoisotopic (exact) mass is 436 g/mol. The standard InChI is InChI=1S/C26H40N6/c1-6-29(7-2)18-20-31(21-19-30(8-3)9-4)23-15-13-22(14-16-23)26-28-25-24(32(26)10-5)12-11-17-27-25/h11-17H,6-10,18-21H2,1-5H3. The van der Waals surface area contributed by atoms with Gasteiger partial charge in [0, 0.05) is 50.2 Å². The van der Waals surface area contributed by atoms with E-state index in [0.29, 0.717) is 0 Å². The Morgan fingerprint density at radius 2 is 1.34 bits per heavy atom. The van der Waals surface area contributed by atoms with E-state index in [1.54, 1.807) is 0 Å². The number of fused-ring (bicyclic) bond motifs is 1. The summed E-state index contributed by atoms with van der Waals surface area (Å²) in [6.45, 7) is 20.7. The molecule has 0 unspecified atom stereocenters. The molecule has 3 rings (SSSR count). The summed E-state index contributed by atoms with van der Waals surface area (Å²) in [4.78, 5) is 16.8. The number of hydrogen-bond acceptors (Lipinski definition) is 5. The molecule has 0 bridgehead atoms. The van der Waals surface area contributed by atoms with E-state index in [-0.39, 0.29) is 0 Å². The van der Waals surface area contributed by atoms with Crippen molar-refractivity contribution in [2.24, 2.45) is 0 Å². The lowest BCUT2D eigenvalue weighted by Gasteiger charge is -2.30. The highest BCUT2D eigenvalue weighted by molar-refractivity contribution is 5.77. The van der Waals surface area contributed by atoms with E-state index in [1.165, 1.54) is 5.69 Å². The minimum atomic E-state index is 0.813. The number of imidazole rings is 1. The Balaban J connectivity index is 1.83. The molecule has 0 spiro atoms. The van der Waals surface area contributed by atoms with E-state index >= 15 is 0 Å². The molecule has 3 aromatic rings. The molecule has 2 aromatic heterocycles. The van der Waals surface area contributed by atoms with Crippen LogP contribution in [-0.2, 0) is 6.54 Å². The van der Waals surface area contributed by atoms with Gasteiger partial charge < -0.3 is 19.3 Å². The number of aromatic nitrogens is 3. The summed E-state index contributed by atoms with van der Waals surface area (Å²) in [5.41, 5.74) is 4.33. The zero-order valence-corrected chi connectivity index (χ0v) is 20.6. The van der Waals surface area contributed by atoms with Crippen LogP contribution < -0.4 is 4.90 Å². The van der Waals surface area contributed by atoms with Crippen molar-refractivity contribution in [1.29, 1.82) is 0 Å². The maximum absolute atomic E-state index is 4.82. The molecule has 0 fully saturated rings. The molecule has 2 heterocycles. The lowest BCUT2D eigenvalue weighted by Crippen LogP contribution is -2.39. The Morgan fingerprint density at radius 3 is 1.88 bits per heavy atom. The molecule has 0 aliphatic heterocycles. The molecule has 0 saturated heterocycles. The minimum absolute atomic E-state index is 0.813. The first-order chi connectivity index (χ1) is 15.6. The Labute approximate surface area is 193 Å². The van der Waals surface area contributed by atoms with Gasteiger partial charge in [-0.1, -0.05) is 27.7 Å². The van der Waals surface area contributed by atoms with Gasteiger partial charge in [0.1, 0.15) is 5.82 Å². The number of aryl methyl sites for hydroxylation is 1. The van der Waals surface area contributed by atoms with Gasteiger partial charge in [0.2, 0.25) is 0 Å². The molecule has 0 aliphatic rings. The van der Waals surface area contributed by atoms with Crippen molar-refractivity contribution >= 4 is 16.9 Å². The molecule has 174 valence electrons. The van der Waals surface area contributed by atoms with Crippen molar-refractivity contribution in [3.63, 3.8) is 0 Å². The summed E-state index contributed by atoms with van der Waals surface area (Å²) in [6.07, 6.45) is 1.81. The number of pyridine rings is 1. The Kier molecular flexibility index (Phi) is 9.06. The summed E-state index contributed by atoms with van der Waals surface area (Å²) >= 11 is 0. The molecule has 0 amide bonds. The van der Waals surface area contributed by atoms with E-state index in [4.69, 9.17) is 4.98 Å². The van der Waals surface area contributed by atoms with Crippen LogP contribution in [0.25, 0.3) is 22.6 Å². The summed E-state index contributed by atoms with van der Waals surface area (Å²) in [5.74, 6) is 0.991. The zero-order chi connectivity index (χ0) is 22.9. The molecule has 0 radical (unpaired) electrons. The summed E-state index contributed by atoms with van der Waals surface area (Å²) in [7, 11) is 0. The minimum Gasteiger partial charge on any atom is -0.369 e. The second kappa shape index (κ2) is 12.0. The second-order valence-electron chi connectivity index (χ2n) is 8.11. The third kappa shape index (κ3) is 5.67. The number of hydrogen-bond donors (Lipinski definition) is 0. The van der Waals surface area contributed by atoms with Gasteiger partial charge >= 0.3 is 0 Å². The molecule has 0 aliphatic carbocycles. The van der Waals surface area contributed by atoms with Crippen LogP contribution in [0.2, 0.25) is 0 Å². The van der Waals surface area contributed by atoms with Crippen molar-refractivity contribution in [3.8, 4) is 11.4 Å². The van der Waals surface area contributed by atoms with Crippen LogP contribution in [0.15, 0.2) is 42.6 Å². The molecule has 32 heavy (non-hydrogen) atoms. The Hall–Kier alpha value is -2.44. The van der Waals surface area contributed by atoms with Gasteiger partial charge in [-0.2, -0.15) is 0 Å². The van der Waals surface area contributed by atoms with E-state index in [0.717, 1.165) is 81.5 Å².